The van der Waals surface area contributed by atoms with E-state index in [2.05, 4.69) is 12.2 Å². The zero-order valence-electron chi connectivity index (χ0n) is 12.1. The first-order valence-electron chi connectivity index (χ1n) is 7.41. The van der Waals surface area contributed by atoms with Crippen LogP contribution in [0.5, 0.6) is 0 Å². The van der Waals surface area contributed by atoms with E-state index >= 15 is 0 Å². The van der Waals surface area contributed by atoms with Crippen molar-refractivity contribution in [1.82, 2.24) is 10.2 Å². The van der Waals surface area contributed by atoms with Gasteiger partial charge in [-0.1, -0.05) is 37.3 Å². The molecule has 110 valence electrons. The number of carbonyl (C=O) groups is 1. The lowest BCUT2D eigenvalue weighted by atomic mass is 9.92. The summed E-state index contributed by atoms with van der Waals surface area (Å²) in [5.41, 5.74) is 0.669. The Bertz CT molecular complexity index is 427. The summed E-state index contributed by atoms with van der Waals surface area (Å²) in [6, 6.07) is 9.94. The molecule has 1 unspecified atom stereocenters. The third-order valence-electron chi connectivity index (χ3n) is 4.13. The zero-order valence-corrected chi connectivity index (χ0v) is 12.1. The molecule has 1 aliphatic rings. The second kappa shape index (κ2) is 6.86. The van der Waals surface area contributed by atoms with Gasteiger partial charge in [0.2, 0.25) is 5.91 Å². The normalized spacial score (nSPS) is 21.9. The molecule has 0 saturated carbocycles. The van der Waals surface area contributed by atoms with Gasteiger partial charge in [0, 0.05) is 13.1 Å². The Hall–Kier alpha value is -1.39. The Morgan fingerprint density at radius 1 is 1.40 bits per heavy atom. The predicted molar refractivity (Wildman–Crippen MR) is 79.2 cm³/mol. The topological polar surface area (TPSA) is 52.6 Å². The molecule has 1 saturated heterocycles. The van der Waals surface area contributed by atoms with E-state index in [-0.39, 0.29) is 12.5 Å². The lowest BCUT2D eigenvalue weighted by Gasteiger charge is -2.34. The quantitative estimate of drug-likeness (QED) is 0.828. The minimum Gasteiger partial charge on any atom is -0.395 e. The number of hydrogen-bond donors (Lipinski definition) is 2. The maximum absolute atomic E-state index is 12.8. The minimum atomic E-state index is -0.427. The van der Waals surface area contributed by atoms with Gasteiger partial charge in [0.1, 0.15) is 0 Å². The summed E-state index contributed by atoms with van der Waals surface area (Å²) in [6.45, 7) is 3.90. The van der Waals surface area contributed by atoms with Crippen LogP contribution in [0.4, 0.5) is 0 Å². The van der Waals surface area contributed by atoms with Crippen LogP contribution in [0, 0.1) is 0 Å². The molecule has 0 radical (unpaired) electrons. The van der Waals surface area contributed by atoms with Gasteiger partial charge in [-0.25, -0.2) is 0 Å². The second-order valence-corrected chi connectivity index (χ2v) is 5.40. The Labute approximate surface area is 120 Å². The van der Waals surface area contributed by atoms with Crippen molar-refractivity contribution in [2.75, 3.05) is 19.7 Å². The molecule has 1 amide bonds. The van der Waals surface area contributed by atoms with Gasteiger partial charge in [0.25, 0.3) is 0 Å². The molecule has 2 N–H and O–H groups in total. The van der Waals surface area contributed by atoms with Gasteiger partial charge in [0.15, 0.2) is 0 Å². The minimum absolute atomic E-state index is 0.00162. The van der Waals surface area contributed by atoms with Crippen LogP contribution in [0.25, 0.3) is 0 Å². The van der Waals surface area contributed by atoms with E-state index in [1.54, 1.807) is 4.90 Å². The van der Waals surface area contributed by atoms with Crippen LogP contribution in [0.1, 0.15) is 31.7 Å². The number of carbonyl (C=O) groups excluding carboxylic acids is 1. The molecule has 0 aromatic heterocycles. The average molecular weight is 276 g/mol. The van der Waals surface area contributed by atoms with Crippen LogP contribution in [0.15, 0.2) is 30.3 Å². The summed E-state index contributed by atoms with van der Waals surface area (Å²) in [6.07, 6.45) is 2.72. The molecule has 4 nitrogen and oxygen atoms in total. The second-order valence-electron chi connectivity index (χ2n) is 5.40. The number of rotatable bonds is 6. The predicted octanol–water partition coefficient (Wildman–Crippen LogP) is 1.54. The molecule has 1 aromatic carbocycles. The molecule has 1 fully saturated rings. The van der Waals surface area contributed by atoms with E-state index in [0.717, 1.165) is 31.4 Å². The highest BCUT2D eigenvalue weighted by Gasteiger charge is 2.41. The van der Waals surface area contributed by atoms with E-state index in [0.29, 0.717) is 13.1 Å². The van der Waals surface area contributed by atoms with Crippen LogP contribution < -0.4 is 5.32 Å². The number of amides is 1. The summed E-state index contributed by atoms with van der Waals surface area (Å²) in [5, 5.41) is 12.6. The fraction of sp³-hybridized carbons (Fsp3) is 0.562. The number of nitrogens with zero attached hydrogens (tertiary/aromatic N) is 1. The molecule has 1 heterocycles. The highest BCUT2D eigenvalue weighted by atomic mass is 16.3. The van der Waals surface area contributed by atoms with Gasteiger partial charge in [-0.3, -0.25) is 4.79 Å². The van der Waals surface area contributed by atoms with E-state index < -0.39 is 5.54 Å². The maximum atomic E-state index is 12.8. The molecule has 4 heteroatoms. The summed E-state index contributed by atoms with van der Waals surface area (Å²) >= 11 is 0. The van der Waals surface area contributed by atoms with Crippen molar-refractivity contribution in [2.24, 2.45) is 0 Å². The Morgan fingerprint density at radius 3 is 2.70 bits per heavy atom. The largest absolute Gasteiger partial charge is 0.395 e. The van der Waals surface area contributed by atoms with Crippen molar-refractivity contribution in [3.8, 4) is 0 Å². The number of aliphatic hydroxyl groups excluding tert-OH is 1. The fourth-order valence-electron chi connectivity index (χ4n) is 2.92. The van der Waals surface area contributed by atoms with Gasteiger partial charge < -0.3 is 15.3 Å². The molecule has 1 aromatic rings. The molecular weight excluding hydrogens is 252 g/mol. The molecule has 2 rings (SSSR count). The number of benzene rings is 1. The van der Waals surface area contributed by atoms with Crippen molar-refractivity contribution >= 4 is 5.91 Å². The molecule has 0 bridgehead atoms. The summed E-state index contributed by atoms with van der Waals surface area (Å²) in [5.74, 6) is 0.121. The first-order valence-corrected chi connectivity index (χ1v) is 7.41. The summed E-state index contributed by atoms with van der Waals surface area (Å²) in [7, 11) is 0. The molecule has 20 heavy (non-hydrogen) atoms. The van der Waals surface area contributed by atoms with Crippen molar-refractivity contribution in [1.29, 1.82) is 0 Å². The number of nitrogens with one attached hydrogen (secondary N) is 1. The Balaban J connectivity index is 2.13. The first kappa shape index (κ1) is 15.0. The van der Waals surface area contributed by atoms with Crippen LogP contribution >= 0.6 is 0 Å². The zero-order chi connectivity index (χ0) is 14.4. The number of aliphatic hydroxyl groups is 1. The summed E-state index contributed by atoms with van der Waals surface area (Å²) in [4.78, 5) is 14.6. The van der Waals surface area contributed by atoms with E-state index in [1.165, 1.54) is 0 Å². The lowest BCUT2D eigenvalue weighted by molar-refractivity contribution is -0.139. The van der Waals surface area contributed by atoms with Gasteiger partial charge in [-0.15, -0.1) is 0 Å². The van der Waals surface area contributed by atoms with E-state index in [9.17, 15) is 9.90 Å². The average Bonchev–Trinajstić information content (AvgIpc) is 2.97. The maximum Gasteiger partial charge on any atom is 0.243 e. The summed E-state index contributed by atoms with van der Waals surface area (Å²) < 4.78 is 0. The highest BCUT2D eigenvalue weighted by molar-refractivity contribution is 5.86. The van der Waals surface area contributed by atoms with Crippen molar-refractivity contribution in [3.05, 3.63) is 35.9 Å². The van der Waals surface area contributed by atoms with Crippen molar-refractivity contribution < 1.29 is 9.90 Å². The lowest BCUT2D eigenvalue weighted by Crippen LogP contribution is -2.54. The Kier molecular flexibility index (Phi) is 5.15. The van der Waals surface area contributed by atoms with Crippen LogP contribution in [0.2, 0.25) is 0 Å². The van der Waals surface area contributed by atoms with Gasteiger partial charge >= 0.3 is 0 Å². The first-order chi connectivity index (χ1) is 9.72. The molecule has 1 aliphatic heterocycles. The monoisotopic (exact) mass is 276 g/mol. The standard InChI is InChI=1S/C16H24N2O2/c1-2-16(9-6-10-17-16)15(20)18(11-12-19)13-14-7-4-3-5-8-14/h3-5,7-8,17,19H,2,6,9-13H2,1H3. The SMILES string of the molecule is CCC1(C(=O)N(CCO)Cc2ccccc2)CCCN1. The third-order valence-corrected chi connectivity index (χ3v) is 4.13. The highest BCUT2D eigenvalue weighted by Crippen LogP contribution is 2.26. The van der Waals surface area contributed by atoms with Crippen LogP contribution in [-0.4, -0.2) is 41.1 Å². The Morgan fingerprint density at radius 2 is 2.15 bits per heavy atom. The van der Waals surface area contributed by atoms with Gasteiger partial charge in [-0.2, -0.15) is 0 Å². The number of hydrogen-bond acceptors (Lipinski definition) is 3. The van der Waals surface area contributed by atoms with Crippen molar-refractivity contribution in [2.45, 2.75) is 38.3 Å². The molecule has 1 atom stereocenters. The van der Waals surface area contributed by atoms with Crippen LogP contribution in [0.3, 0.4) is 0 Å². The van der Waals surface area contributed by atoms with E-state index in [4.69, 9.17) is 0 Å². The third kappa shape index (κ3) is 3.19. The van der Waals surface area contributed by atoms with E-state index in [1.807, 2.05) is 30.3 Å². The van der Waals surface area contributed by atoms with Gasteiger partial charge in [0.05, 0.1) is 12.1 Å². The fourth-order valence-corrected chi connectivity index (χ4v) is 2.92. The molecular formula is C16H24N2O2. The van der Waals surface area contributed by atoms with Crippen LogP contribution in [-0.2, 0) is 11.3 Å². The smallest absolute Gasteiger partial charge is 0.243 e. The van der Waals surface area contributed by atoms with Gasteiger partial charge in [-0.05, 0) is 31.4 Å². The van der Waals surface area contributed by atoms with Crippen molar-refractivity contribution in [3.63, 3.8) is 0 Å². The molecule has 0 spiro atoms. The molecule has 0 aliphatic carbocycles.